The predicted octanol–water partition coefficient (Wildman–Crippen LogP) is 0.506. The molecular weight excluding hydrogens is 358 g/mol. The van der Waals surface area contributed by atoms with Crippen molar-refractivity contribution in [2.24, 2.45) is 0 Å². The lowest BCUT2D eigenvalue weighted by Gasteiger charge is -2.19. The molecule has 0 spiro atoms. The normalized spacial score (nSPS) is 19.5. The third-order valence-electron chi connectivity index (χ3n) is 3.98. The molecule has 136 valence electrons. The predicted molar refractivity (Wildman–Crippen MR) is 92.1 cm³/mol. The highest BCUT2D eigenvalue weighted by molar-refractivity contribution is 7.99. The summed E-state index contributed by atoms with van der Waals surface area (Å²) in [5.74, 6) is -1.06. The number of nitrogens with one attached hydrogen (secondary N) is 2. The Hall–Kier alpha value is -2.95. The van der Waals surface area contributed by atoms with Gasteiger partial charge in [0.15, 0.2) is 0 Å². The van der Waals surface area contributed by atoms with E-state index in [0.29, 0.717) is 16.6 Å². The Balaban J connectivity index is 1.62. The molecule has 3 rings (SSSR count). The van der Waals surface area contributed by atoms with Gasteiger partial charge in [-0.25, -0.2) is 4.79 Å². The van der Waals surface area contributed by atoms with Crippen LogP contribution in [0, 0.1) is 0 Å². The zero-order valence-corrected chi connectivity index (χ0v) is 15.0. The van der Waals surface area contributed by atoms with Crippen molar-refractivity contribution in [2.45, 2.75) is 31.0 Å². The number of carbonyl (C=O) groups is 3. The number of imide groups is 1. The Bertz CT molecular complexity index is 841. The first-order valence-electron chi connectivity index (χ1n) is 7.87. The smallest absolute Gasteiger partial charge is 0.322 e. The molecule has 2 heterocycles. The van der Waals surface area contributed by atoms with Crippen molar-refractivity contribution in [1.29, 1.82) is 0 Å². The number of thioether (sulfide) groups is 1. The average molecular weight is 375 g/mol. The molecule has 4 amide bonds. The summed E-state index contributed by atoms with van der Waals surface area (Å²) in [6.07, 6.45) is 0.421. The average Bonchev–Trinajstić information content (AvgIpc) is 3.20. The van der Waals surface area contributed by atoms with E-state index in [0.717, 1.165) is 17.4 Å². The summed E-state index contributed by atoms with van der Waals surface area (Å²) in [5.41, 5.74) is 2.08. The van der Waals surface area contributed by atoms with Crippen molar-refractivity contribution < 1.29 is 14.4 Å². The fourth-order valence-corrected chi connectivity index (χ4v) is 3.00. The van der Waals surface area contributed by atoms with Crippen LogP contribution in [-0.2, 0) is 9.59 Å². The van der Waals surface area contributed by atoms with E-state index in [1.807, 2.05) is 30.3 Å². The second kappa shape index (κ2) is 7.12. The quantitative estimate of drug-likeness (QED) is 0.557. The van der Waals surface area contributed by atoms with Gasteiger partial charge in [0.2, 0.25) is 11.1 Å². The standard InChI is InChI=1S/C15H17N7O3S/c1-3-15(2)12(24)22(13(25)16-15)18-11(23)9-26-14-17-19-20-21(14)10-7-5-4-6-8-10/h4-8H,3,9H2,1-2H3,(H,16,25)(H,18,23). The van der Waals surface area contributed by atoms with Crippen LogP contribution in [0.1, 0.15) is 20.3 Å². The van der Waals surface area contributed by atoms with Crippen molar-refractivity contribution in [1.82, 2.24) is 36.0 Å². The van der Waals surface area contributed by atoms with E-state index in [-0.39, 0.29) is 5.75 Å². The lowest BCUT2D eigenvalue weighted by Crippen LogP contribution is -2.49. The number of hydrogen-bond acceptors (Lipinski definition) is 7. The van der Waals surface area contributed by atoms with E-state index in [2.05, 4.69) is 26.3 Å². The molecule has 1 unspecified atom stereocenters. The number of amides is 4. The van der Waals surface area contributed by atoms with Gasteiger partial charge in [-0.05, 0) is 35.9 Å². The largest absolute Gasteiger partial charge is 0.344 e. The summed E-state index contributed by atoms with van der Waals surface area (Å²) in [4.78, 5) is 36.3. The molecule has 0 saturated carbocycles. The van der Waals surface area contributed by atoms with Crippen LogP contribution in [0.5, 0.6) is 0 Å². The van der Waals surface area contributed by atoms with Crippen LogP contribution in [0.15, 0.2) is 35.5 Å². The summed E-state index contributed by atoms with van der Waals surface area (Å²) >= 11 is 1.09. The number of urea groups is 1. The first-order valence-corrected chi connectivity index (χ1v) is 8.86. The summed E-state index contributed by atoms with van der Waals surface area (Å²) < 4.78 is 1.50. The van der Waals surface area contributed by atoms with Crippen molar-refractivity contribution in [2.75, 3.05) is 5.75 Å². The Morgan fingerprint density at radius 1 is 1.31 bits per heavy atom. The number of nitrogens with zero attached hydrogens (tertiary/aromatic N) is 5. The van der Waals surface area contributed by atoms with E-state index in [1.165, 1.54) is 4.68 Å². The van der Waals surface area contributed by atoms with E-state index in [1.54, 1.807) is 13.8 Å². The lowest BCUT2D eigenvalue weighted by molar-refractivity contribution is -0.137. The molecule has 1 saturated heterocycles. The highest BCUT2D eigenvalue weighted by atomic mass is 32.2. The van der Waals surface area contributed by atoms with Crippen LogP contribution in [0.25, 0.3) is 5.69 Å². The molecule has 1 aromatic heterocycles. The van der Waals surface area contributed by atoms with Crippen LogP contribution in [0.4, 0.5) is 4.79 Å². The van der Waals surface area contributed by atoms with Gasteiger partial charge < -0.3 is 5.32 Å². The summed E-state index contributed by atoms with van der Waals surface area (Å²) in [6.45, 7) is 3.39. The minimum atomic E-state index is -1.01. The number of hydrazine groups is 1. The molecule has 2 N–H and O–H groups in total. The van der Waals surface area contributed by atoms with Gasteiger partial charge in [0.1, 0.15) is 5.54 Å². The van der Waals surface area contributed by atoms with Gasteiger partial charge in [-0.15, -0.1) is 5.10 Å². The van der Waals surface area contributed by atoms with Gasteiger partial charge in [-0.3, -0.25) is 15.0 Å². The van der Waals surface area contributed by atoms with Crippen molar-refractivity contribution >= 4 is 29.6 Å². The van der Waals surface area contributed by atoms with Crippen LogP contribution in [0.3, 0.4) is 0 Å². The maximum Gasteiger partial charge on any atom is 0.344 e. The zero-order chi connectivity index (χ0) is 18.7. The Labute approximate surface area is 153 Å². The molecule has 0 radical (unpaired) electrons. The van der Waals surface area contributed by atoms with Gasteiger partial charge in [0.25, 0.3) is 5.91 Å². The molecule has 0 aliphatic carbocycles. The summed E-state index contributed by atoms with van der Waals surface area (Å²) in [5, 5.41) is 15.1. The number of tetrazole rings is 1. The minimum Gasteiger partial charge on any atom is -0.322 e. The molecule has 2 aromatic rings. The van der Waals surface area contributed by atoms with E-state index >= 15 is 0 Å². The van der Waals surface area contributed by atoms with Crippen LogP contribution >= 0.6 is 11.8 Å². The lowest BCUT2D eigenvalue weighted by atomic mass is 10.00. The Kier molecular flexibility index (Phi) is 4.89. The molecule has 1 fully saturated rings. The molecular formula is C15H17N7O3S. The van der Waals surface area contributed by atoms with Crippen molar-refractivity contribution in [3.63, 3.8) is 0 Å². The highest BCUT2D eigenvalue weighted by Crippen LogP contribution is 2.20. The molecule has 1 aliphatic rings. The summed E-state index contributed by atoms with van der Waals surface area (Å²) in [7, 11) is 0. The van der Waals surface area contributed by atoms with Gasteiger partial charge >= 0.3 is 6.03 Å². The van der Waals surface area contributed by atoms with Crippen LogP contribution in [-0.4, -0.2) is 54.4 Å². The van der Waals surface area contributed by atoms with E-state index in [9.17, 15) is 14.4 Å². The van der Waals surface area contributed by atoms with Crippen molar-refractivity contribution in [3.05, 3.63) is 30.3 Å². The monoisotopic (exact) mass is 375 g/mol. The second-order valence-electron chi connectivity index (χ2n) is 5.79. The molecule has 1 aliphatic heterocycles. The number of rotatable bonds is 6. The molecule has 26 heavy (non-hydrogen) atoms. The molecule has 1 atom stereocenters. The third-order valence-corrected chi connectivity index (χ3v) is 4.90. The molecule has 10 nitrogen and oxygen atoms in total. The Morgan fingerprint density at radius 3 is 2.69 bits per heavy atom. The number of para-hydroxylation sites is 1. The zero-order valence-electron chi connectivity index (χ0n) is 14.2. The van der Waals surface area contributed by atoms with Crippen molar-refractivity contribution in [3.8, 4) is 5.69 Å². The van der Waals surface area contributed by atoms with E-state index < -0.39 is 23.4 Å². The molecule has 1 aromatic carbocycles. The Morgan fingerprint density at radius 2 is 2.04 bits per heavy atom. The second-order valence-corrected chi connectivity index (χ2v) is 6.73. The first kappa shape index (κ1) is 17.9. The topological polar surface area (TPSA) is 122 Å². The van der Waals surface area contributed by atoms with E-state index in [4.69, 9.17) is 0 Å². The number of aromatic nitrogens is 4. The van der Waals surface area contributed by atoms with Crippen LogP contribution in [0.2, 0.25) is 0 Å². The van der Waals surface area contributed by atoms with Crippen LogP contribution < -0.4 is 10.7 Å². The SMILES string of the molecule is CCC1(C)NC(=O)N(NC(=O)CSc2nnnn2-c2ccccc2)C1=O. The summed E-state index contributed by atoms with van der Waals surface area (Å²) in [6, 6.07) is 8.59. The van der Waals surface area contributed by atoms with Gasteiger partial charge in [0.05, 0.1) is 11.4 Å². The number of carbonyl (C=O) groups excluding carboxylic acids is 3. The molecule has 11 heteroatoms. The fourth-order valence-electron chi connectivity index (χ4n) is 2.31. The third kappa shape index (κ3) is 3.38. The van der Waals surface area contributed by atoms with Gasteiger partial charge in [0, 0.05) is 0 Å². The maximum atomic E-state index is 12.3. The fraction of sp³-hybridized carbons (Fsp3) is 0.333. The maximum absolute atomic E-state index is 12.3. The number of benzene rings is 1. The highest BCUT2D eigenvalue weighted by Gasteiger charge is 2.47. The van der Waals surface area contributed by atoms with Gasteiger partial charge in [-0.1, -0.05) is 36.9 Å². The number of hydrogen-bond donors (Lipinski definition) is 2. The minimum absolute atomic E-state index is 0.0624. The molecule has 0 bridgehead atoms. The first-order chi connectivity index (χ1) is 12.4. The van der Waals surface area contributed by atoms with Gasteiger partial charge in [-0.2, -0.15) is 9.69 Å².